The van der Waals surface area contributed by atoms with E-state index >= 15 is 0 Å². The highest BCUT2D eigenvalue weighted by Gasteiger charge is 2.38. The molecule has 2 unspecified atom stereocenters. The zero-order chi connectivity index (χ0) is 20.1. The smallest absolute Gasteiger partial charge is 0.408 e. The van der Waals surface area contributed by atoms with Crippen LogP contribution in [0.1, 0.15) is 60.8 Å². The normalized spacial score (nSPS) is 18.6. The summed E-state index contributed by atoms with van der Waals surface area (Å²) in [6, 6.07) is -0.856. The molecule has 26 heavy (non-hydrogen) atoms. The van der Waals surface area contributed by atoms with Gasteiger partial charge in [-0.15, -0.1) is 0 Å². The topological polar surface area (TPSA) is 67.9 Å². The fourth-order valence-corrected chi connectivity index (χ4v) is 2.98. The van der Waals surface area contributed by atoms with Crippen LogP contribution in [0.4, 0.5) is 4.79 Å². The van der Waals surface area contributed by atoms with Gasteiger partial charge in [-0.25, -0.2) is 4.79 Å². The van der Waals surface area contributed by atoms with Crippen LogP contribution in [0.25, 0.3) is 0 Å². The third-order valence-electron chi connectivity index (χ3n) is 3.99. The van der Waals surface area contributed by atoms with Crippen molar-refractivity contribution in [2.45, 2.75) is 78.5 Å². The summed E-state index contributed by atoms with van der Waals surface area (Å²) >= 11 is 0. The van der Waals surface area contributed by atoms with E-state index in [4.69, 9.17) is 9.47 Å². The first kappa shape index (κ1) is 22.1. The van der Waals surface area contributed by atoms with Gasteiger partial charge < -0.3 is 19.7 Å². The molecule has 6 nitrogen and oxygen atoms in total. The molecule has 0 radical (unpaired) electrons. The van der Waals surface area contributed by atoms with Crippen LogP contribution in [0.3, 0.4) is 0 Å². The van der Waals surface area contributed by atoms with Gasteiger partial charge in [0.1, 0.15) is 17.4 Å². The molecule has 0 aromatic carbocycles. The van der Waals surface area contributed by atoms with Gasteiger partial charge in [-0.3, -0.25) is 4.79 Å². The van der Waals surface area contributed by atoms with E-state index in [2.05, 4.69) is 25.7 Å². The molecule has 1 heterocycles. The number of ether oxygens (including phenoxy) is 2. The number of amides is 2. The van der Waals surface area contributed by atoms with Gasteiger partial charge in [0.05, 0.1) is 13.2 Å². The largest absolute Gasteiger partial charge is 0.499 e. The van der Waals surface area contributed by atoms with Crippen LogP contribution >= 0.6 is 0 Å². The Hall–Kier alpha value is -1.98. The Morgan fingerprint density at radius 2 is 1.96 bits per heavy atom. The molecule has 0 fully saturated rings. The third kappa shape index (κ3) is 6.07. The van der Waals surface area contributed by atoms with E-state index in [9.17, 15) is 9.59 Å². The van der Waals surface area contributed by atoms with Gasteiger partial charge in [0.2, 0.25) is 5.91 Å². The van der Waals surface area contributed by atoms with Crippen molar-refractivity contribution in [1.29, 1.82) is 0 Å². The lowest BCUT2D eigenvalue weighted by molar-refractivity contribution is -0.133. The van der Waals surface area contributed by atoms with E-state index < -0.39 is 17.7 Å². The molecule has 1 N–H and O–H groups in total. The number of hydrogen-bond donors (Lipinski definition) is 1. The standard InChI is InChI=1S/C20H34N2O4/c1-9-10-15(21-19(24)26-20(5,6)7)18(23)22-14(4)12-17(25-8)16(22)11-13(2)3/h12-13,15-16H,4,9-11H2,1-3,5-8H3,(H,21,24). The Balaban J connectivity index is 2.98. The predicted octanol–water partition coefficient (Wildman–Crippen LogP) is 3.98. The number of hydrogen-bond acceptors (Lipinski definition) is 4. The summed E-state index contributed by atoms with van der Waals surface area (Å²) in [7, 11) is 1.60. The highest BCUT2D eigenvalue weighted by Crippen LogP contribution is 2.31. The Kier molecular flexibility index (Phi) is 7.72. The second-order valence-corrected chi connectivity index (χ2v) is 8.08. The second kappa shape index (κ2) is 9.10. The average molecular weight is 367 g/mol. The number of rotatable bonds is 7. The first-order valence-electron chi connectivity index (χ1n) is 9.27. The molecule has 1 aliphatic rings. The van der Waals surface area contributed by atoms with Crippen molar-refractivity contribution < 1.29 is 19.1 Å². The summed E-state index contributed by atoms with van der Waals surface area (Å²) in [6.07, 6.45) is 3.25. The van der Waals surface area contributed by atoms with Crippen molar-refractivity contribution >= 4 is 12.0 Å². The molecule has 0 aromatic heterocycles. The third-order valence-corrected chi connectivity index (χ3v) is 3.99. The molecule has 1 rings (SSSR count). The van der Waals surface area contributed by atoms with E-state index in [-0.39, 0.29) is 11.9 Å². The summed E-state index contributed by atoms with van der Waals surface area (Å²) < 4.78 is 10.8. The van der Waals surface area contributed by atoms with Crippen LogP contribution in [0.15, 0.2) is 24.1 Å². The van der Waals surface area contributed by atoms with E-state index in [1.165, 1.54) is 0 Å². The lowest BCUT2D eigenvalue weighted by Crippen LogP contribution is -2.51. The highest BCUT2D eigenvalue weighted by atomic mass is 16.6. The molecule has 0 aliphatic carbocycles. The Bertz CT molecular complexity index is 561. The minimum absolute atomic E-state index is 0.184. The van der Waals surface area contributed by atoms with E-state index in [0.29, 0.717) is 18.0 Å². The number of allylic oxidation sites excluding steroid dienone is 1. The van der Waals surface area contributed by atoms with Gasteiger partial charge in [-0.1, -0.05) is 33.8 Å². The van der Waals surface area contributed by atoms with Crippen molar-refractivity contribution in [3.8, 4) is 0 Å². The lowest BCUT2D eigenvalue weighted by atomic mass is 10.0. The van der Waals surface area contributed by atoms with Crippen molar-refractivity contribution in [2.24, 2.45) is 5.92 Å². The van der Waals surface area contributed by atoms with E-state index in [1.807, 2.05) is 6.92 Å². The minimum atomic E-state index is -0.661. The maximum atomic E-state index is 13.2. The maximum absolute atomic E-state index is 13.2. The maximum Gasteiger partial charge on any atom is 0.408 e. The summed E-state index contributed by atoms with van der Waals surface area (Å²) in [4.78, 5) is 27.0. The van der Waals surface area contributed by atoms with Crippen molar-refractivity contribution in [3.63, 3.8) is 0 Å². The molecule has 0 spiro atoms. The predicted molar refractivity (Wildman–Crippen MR) is 102 cm³/mol. The summed E-state index contributed by atoms with van der Waals surface area (Å²) in [6.45, 7) is 15.5. The van der Waals surface area contributed by atoms with Crippen LogP contribution in [-0.4, -0.2) is 41.7 Å². The number of nitrogens with zero attached hydrogens (tertiary/aromatic N) is 1. The first-order valence-corrected chi connectivity index (χ1v) is 9.27. The van der Waals surface area contributed by atoms with Gasteiger partial charge in [0.25, 0.3) is 0 Å². The van der Waals surface area contributed by atoms with Gasteiger partial charge in [0, 0.05) is 11.8 Å². The van der Waals surface area contributed by atoms with Crippen LogP contribution < -0.4 is 5.32 Å². The number of methoxy groups -OCH3 is 1. The Labute approximate surface area is 157 Å². The molecule has 0 bridgehead atoms. The van der Waals surface area contributed by atoms with Crippen molar-refractivity contribution in [3.05, 3.63) is 24.1 Å². The molecular formula is C20H34N2O4. The van der Waals surface area contributed by atoms with Gasteiger partial charge in [0.15, 0.2) is 0 Å². The van der Waals surface area contributed by atoms with Crippen molar-refractivity contribution in [2.75, 3.05) is 7.11 Å². The number of carbonyl (C=O) groups is 2. The molecule has 148 valence electrons. The summed E-state index contributed by atoms with van der Waals surface area (Å²) in [5.74, 6) is 0.921. The van der Waals surface area contributed by atoms with Crippen molar-refractivity contribution in [1.82, 2.24) is 10.2 Å². The van der Waals surface area contributed by atoms with Gasteiger partial charge >= 0.3 is 6.09 Å². The molecule has 0 aromatic rings. The van der Waals surface area contributed by atoms with E-state index in [1.54, 1.807) is 38.9 Å². The second-order valence-electron chi connectivity index (χ2n) is 8.08. The Morgan fingerprint density at radius 3 is 2.42 bits per heavy atom. The van der Waals surface area contributed by atoms with E-state index in [0.717, 1.165) is 18.6 Å². The molecule has 2 atom stereocenters. The Morgan fingerprint density at radius 1 is 1.35 bits per heavy atom. The fraction of sp³-hybridized carbons (Fsp3) is 0.700. The van der Waals surface area contributed by atoms with Gasteiger partial charge in [-0.05, 0) is 39.5 Å². The minimum Gasteiger partial charge on any atom is -0.499 e. The van der Waals surface area contributed by atoms with Crippen LogP contribution in [-0.2, 0) is 14.3 Å². The van der Waals surface area contributed by atoms with Crippen LogP contribution in [0, 0.1) is 5.92 Å². The molecule has 2 amide bonds. The monoisotopic (exact) mass is 366 g/mol. The molecule has 0 saturated carbocycles. The fourth-order valence-electron chi connectivity index (χ4n) is 2.98. The lowest BCUT2D eigenvalue weighted by Gasteiger charge is -2.32. The van der Waals surface area contributed by atoms with Gasteiger partial charge in [-0.2, -0.15) is 0 Å². The van der Waals surface area contributed by atoms with Crippen LogP contribution in [0.2, 0.25) is 0 Å². The molecule has 1 aliphatic heterocycles. The van der Waals surface area contributed by atoms with Crippen LogP contribution in [0.5, 0.6) is 0 Å². The zero-order valence-electron chi connectivity index (χ0n) is 17.2. The quantitative estimate of drug-likeness (QED) is 0.740. The average Bonchev–Trinajstić information content (AvgIpc) is 2.79. The SMILES string of the molecule is C=C1C=C(OC)C(CC(C)C)N1C(=O)C(CCC)NC(=O)OC(C)(C)C. The molecule has 0 saturated heterocycles. The number of carbonyl (C=O) groups excluding carboxylic acids is 2. The summed E-state index contributed by atoms with van der Waals surface area (Å²) in [5, 5.41) is 2.72. The summed E-state index contributed by atoms with van der Waals surface area (Å²) in [5.41, 5.74) is -0.0314. The highest BCUT2D eigenvalue weighted by molar-refractivity contribution is 5.88. The number of nitrogens with one attached hydrogen (secondary N) is 1. The zero-order valence-corrected chi connectivity index (χ0v) is 17.2. The molecule has 6 heteroatoms. The molecular weight excluding hydrogens is 332 g/mol. The first-order chi connectivity index (χ1) is 12.0. The number of alkyl carbamates (subject to hydrolysis) is 1.